The van der Waals surface area contributed by atoms with Gasteiger partial charge >= 0.3 is 12.3 Å². The van der Waals surface area contributed by atoms with Gasteiger partial charge in [-0.15, -0.1) is 0 Å². The van der Waals surface area contributed by atoms with E-state index in [-0.39, 0.29) is 25.8 Å². The maximum atomic E-state index is 12.1. The molecule has 0 radical (unpaired) electrons. The van der Waals surface area contributed by atoms with Crippen LogP contribution in [0.5, 0.6) is 0 Å². The summed E-state index contributed by atoms with van der Waals surface area (Å²) in [4.78, 5) is 38.6. The van der Waals surface area contributed by atoms with Crippen LogP contribution < -0.4 is 0 Å². The summed E-state index contributed by atoms with van der Waals surface area (Å²) in [5.41, 5.74) is 6.25. The Morgan fingerprint density at radius 1 is 1.48 bits per heavy atom. The number of carbonyl (C=O) groups excluding carboxylic acids is 2. The molecule has 1 saturated heterocycles. The lowest BCUT2D eigenvalue weighted by Crippen LogP contribution is -2.55. The summed E-state index contributed by atoms with van der Waals surface area (Å²) >= 11 is 0. The van der Waals surface area contributed by atoms with E-state index in [1.54, 1.807) is 20.8 Å². The highest BCUT2D eigenvalue weighted by Gasteiger charge is 2.48. The summed E-state index contributed by atoms with van der Waals surface area (Å²) in [6, 6.07) is 0. The molecule has 23 heavy (non-hydrogen) atoms. The molecule has 9 heteroatoms. The molecule has 9 nitrogen and oxygen atoms in total. The second kappa shape index (κ2) is 7.32. The molecule has 1 atom stereocenters. The third kappa shape index (κ3) is 5.45. The Morgan fingerprint density at radius 3 is 2.65 bits per heavy atom. The molecule has 0 aliphatic carbocycles. The van der Waals surface area contributed by atoms with Crippen molar-refractivity contribution in [2.75, 3.05) is 13.1 Å². The maximum absolute atomic E-state index is 12.1. The Kier molecular flexibility index (Phi) is 5.98. The third-order valence-corrected chi connectivity index (χ3v) is 3.63. The van der Waals surface area contributed by atoms with Crippen molar-refractivity contribution in [1.29, 1.82) is 0 Å². The van der Waals surface area contributed by atoms with E-state index in [9.17, 15) is 19.7 Å². The number of hydrogen-bond donors (Lipinski definition) is 0. The standard InChI is InChI=1S/C14H22N4O5/c1-13(2,3)23-12(20)17-8-4-6-14(10-17,18(21)22)7-5-11(19)9-16-15/h9H,4-8,10H2,1-3H3. The number of likely N-dealkylation sites (tertiary alicyclic amines) is 1. The van der Waals surface area contributed by atoms with Crippen LogP contribution in [0.4, 0.5) is 4.79 Å². The predicted molar refractivity (Wildman–Crippen MR) is 80.7 cm³/mol. The van der Waals surface area contributed by atoms with E-state index >= 15 is 0 Å². The summed E-state index contributed by atoms with van der Waals surface area (Å²) in [6.07, 6.45) is 0.733. The number of piperidine rings is 1. The Labute approximate surface area is 134 Å². The van der Waals surface area contributed by atoms with Crippen LogP contribution in [-0.4, -0.2) is 56.9 Å². The lowest BCUT2D eigenvalue weighted by atomic mass is 9.85. The normalized spacial score (nSPS) is 21.3. The van der Waals surface area contributed by atoms with Gasteiger partial charge in [-0.3, -0.25) is 14.9 Å². The van der Waals surface area contributed by atoms with E-state index < -0.39 is 27.9 Å². The smallest absolute Gasteiger partial charge is 0.410 e. The van der Waals surface area contributed by atoms with Crippen molar-refractivity contribution in [3.05, 3.63) is 15.6 Å². The van der Waals surface area contributed by atoms with E-state index in [4.69, 9.17) is 10.3 Å². The summed E-state index contributed by atoms with van der Waals surface area (Å²) in [7, 11) is 0. The molecule has 0 bridgehead atoms. The van der Waals surface area contributed by atoms with Gasteiger partial charge in [0.15, 0.2) is 0 Å². The minimum Gasteiger partial charge on any atom is -0.444 e. The largest absolute Gasteiger partial charge is 0.444 e. The molecule has 0 saturated carbocycles. The van der Waals surface area contributed by atoms with Crippen molar-refractivity contribution in [3.8, 4) is 0 Å². The van der Waals surface area contributed by atoms with Crippen molar-refractivity contribution in [1.82, 2.24) is 4.90 Å². The fourth-order valence-electron chi connectivity index (χ4n) is 2.52. The van der Waals surface area contributed by atoms with Gasteiger partial charge in [-0.25, -0.2) is 4.79 Å². The first-order chi connectivity index (χ1) is 10.6. The summed E-state index contributed by atoms with van der Waals surface area (Å²) in [5, 5.41) is 11.5. The number of nitro groups is 1. The first kappa shape index (κ1) is 18.8. The predicted octanol–water partition coefficient (Wildman–Crippen LogP) is 1.68. The Morgan fingerprint density at radius 2 is 2.13 bits per heavy atom. The molecule has 1 fully saturated rings. The van der Waals surface area contributed by atoms with Gasteiger partial charge in [-0.05, 0) is 27.2 Å². The number of carbonyl (C=O) groups is 2. The topological polar surface area (TPSA) is 126 Å². The molecule has 1 unspecified atom stereocenters. The molecule has 0 N–H and O–H groups in total. The molecular weight excluding hydrogens is 304 g/mol. The highest BCUT2D eigenvalue weighted by molar-refractivity contribution is 6.25. The molecule has 1 amide bonds. The molecular formula is C14H22N4O5. The molecule has 0 aromatic heterocycles. The molecule has 0 spiro atoms. The van der Waals surface area contributed by atoms with Crippen molar-refractivity contribution >= 4 is 18.1 Å². The van der Waals surface area contributed by atoms with Crippen LogP contribution in [0.2, 0.25) is 0 Å². The zero-order chi connectivity index (χ0) is 17.7. The Balaban J connectivity index is 2.83. The van der Waals surface area contributed by atoms with E-state index in [1.807, 2.05) is 0 Å². The average Bonchev–Trinajstić information content (AvgIpc) is 2.44. The first-order valence-corrected chi connectivity index (χ1v) is 7.42. The third-order valence-electron chi connectivity index (χ3n) is 3.63. The summed E-state index contributed by atoms with van der Waals surface area (Å²) in [6.45, 7) is 5.46. The van der Waals surface area contributed by atoms with Crippen molar-refractivity contribution in [2.45, 2.75) is 57.6 Å². The highest BCUT2D eigenvalue weighted by atomic mass is 16.6. The zero-order valence-electron chi connectivity index (χ0n) is 13.7. The zero-order valence-corrected chi connectivity index (χ0v) is 13.7. The van der Waals surface area contributed by atoms with Crippen LogP contribution in [0.3, 0.4) is 0 Å². The van der Waals surface area contributed by atoms with Gasteiger partial charge in [-0.1, -0.05) is 0 Å². The SMILES string of the molecule is CC(C)(C)OC(=O)N1CCCC(CCC(=O)C=[N+]=[N-])([N+](=O)[O-])C1. The second-order valence-electron chi connectivity index (χ2n) is 6.70. The fraction of sp³-hybridized carbons (Fsp3) is 0.786. The lowest BCUT2D eigenvalue weighted by molar-refractivity contribution is -0.575. The van der Waals surface area contributed by atoms with Gasteiger partial charge in [-0.2, -0.15) is 4.79 Å². The number of rotatable bonds is 5. The number of ketones is 1. The van der Waals surface area contributed by atoms with Gasteiger partial charge in [0, 0.05) is 30.7 Å². The first-order valence-electron chi connectivity index (χ1n) is 7.42. The van der Waals surface area contributed by atoms with E-state index in [0.717, 1.165) is 6.21 Å². The van der Waals surface area contributed by atoms with Gasteiger partial charge < -0.3 is 15.2 Å². The van der Waals surface area contributed by atoms with Crippen LogP contribution >= 0.6 is 0 Å². The van der Waals surface area contributed by atoms with E-state index in [0.29, 0.717) is 13.0 Å². The fourth-order valence-corrected chi connectivity index (χ4v) is 2.52. The summed E-state index contributed by atoms with van der Waals surface area (Å²) < 4.78 is 5.26. The van der Waals surface area contributed by atoms with Crippen LogP contribution in [0.1, 0.15) is 46.5 Å². The van der Waals surface area contributed by atoms with Crippen LogP contribution in [0.15, 0.2) is 0 Å². The Bertz CT molecular complexity index is 536. The monoisotopic (exact) mass is 326 g/mol. The number of hydrogen-bond acceptors (Lipinski definition) is 5. The molecule has 1 aliphatic heterocycles. The number of Topliss-reactive ketones (excluding diaryl/α,β-unsaturated/α-hetero) is 1. The van der Waals surface area contributed by atoms with Gasteiger partial charge in [0.2, 0.25) is 11.3 Å². The lowest BCUT2D eigenvalue weighted by Gasteiger charge is -2.37. The molecule has 1 aliphatic rings. The maximum Gasteiger partial charge on any atom is 0.410 e. The van der Waals surface area contributed by atoms with Gasteiger partial charge in [0.05, 0.1) is 6.54 Å². The van der Waals surface area contributed by atoms with Crippen molar-refractivity contribution < 1.29 is 24.0 Å². The molecule has 1 rings (SSSR count). The molecule has 0 aromatic carbocycles. The second-order valence-corrected chi connectivity index (χ2v) is 6.70. The molecule has 0 aromatic rings. The van der Waals surface area contributed by atoms with Gasteiger partial charge in [0.25, 0.3) is 0 Å². The molecule has 1 heterocycles. The van der Waals surface area contributed by atoms with Crippen LogP contribution in [-0.2, 0) is 9.53 Å². The van der Waals surface area contributed by atoms with Gasteiger partial charge in [0.1, 0.15) is 5.60 Å². The minimum atomic E-state index is -1.38. The highest BCUT2D eigenvalue weighted by Crippen LogP contribution is 2.30. The van der Waals surface area contributed by atoms with Crippen LogP contribution in [0, 0.1) is 10.1 Å². The molecule has 128 valence electrons. The van der Waals surface area contributed by atoms with E-state index in [2.05, 4.69) is 4.79 Å². The van der Waals surface area contributed by atoms with Crippen molar-refractivity contribution in [3.63, 3.8) is 0 Å². The number of amides is 1. The number of ether oxygens (including phenoxy) is 1. The number of nitrogens with zero attached hydrogens (tertiary/aromatic N) is 4. The van der Waals surface area contributed by atoms with E-state index in [1.165, 1.54) is 4.90 Å². The summed E-state index contributed by atoms with van der Waals surface area (Å²) in [5.74, 6) is -0.497. The average molecular weight is 326 g/mol. The van der Waals surface area contributed by atoms with Crippen molar-refractivity contribution in [2.24, 2.45) is 0 Å². The quantitative estimate of drug-likeness (QED) is 0.250. The van der Waals surface area contributed by atoms with Crippen LogP contribution in [0.25, 0.3) is 5.53 Å². The Hall–Kier alpha value is -2.28. The minimum absolute atomic E-state index is 0.0237.